The fourth-order valence-electron chi connectivity index (χ4n) is 2.81. The molecule has 30 heavy (non-hydrogen) atoms. The van der Waals surface area contributed by atoms with Crippen molar-refractivity contribution in [2.24, 2.45) is 0 Å². The number of hydrogen-bond donors (Lipinski definition) is 0. The van der Waals surface area contributed by atoms with Crippen LogP contribution in [0.4, 0.5) is 0 Å². The highest BCUT2D eigenvalue weighted by Crippen LogP contribution is 2.38. The molecule has 1 heterocycles. The van der Waals surface area contributed by atoms with Crippen LogP contribution in [0.3, 0.4) is 0 Å². The summed E-state index contributed by atoms with van der Waals surface area (Å²) in [6, 6.07) is 16.0. The first-order valence-electron chi connectivity index (χ1n) is 8.88. The molecule has 8 heteroatoms. The Labute approximate surface area is 200 Å². The lowest BCUT2D eigenvalue weighted by Gasteiger charge is -2.10. The summed E-state index contributed by atoms with van der Waals surface area (Å²) in [5, 5.41) is 0. The van der Waals surface area contributed by atoms with Crippen molar-refractivity contribution >= 4 is 66.9 Å². The highest BCUT2D eigenvalue weighted by Gasteiger charge is 2.15. The molecule has 0 saturated heterocycles. The summed E-state index contributed by atoms with van der Waals surface area (Å²) in [5.74, 6) is -0.534. The van der Waals surface area contributed by atoms with E-state index >= 15 is 0 Å². The van der Waals surface area contributed by atoms with Gasteiger partial charge in [0.15, 0.2) is 0 Å². The number of methoxy groups -OCH3 is 2. The van der Waals surface area contributed by atoms with Gasteiger partial charge >= 0.3 is 11.9 Å². The fourth-order valence-corrected chi connectivity index (χ4v) is 5.82. The third-order valence-corrected chi connectivity index (χ3v) is 7.62. The van der Waals surface area contributed by atoms with Crippen LogP contribution in [-0.4, -0.2) is 26.2 Å². The van der Waals surface area contributed by atoms with Crippen molar-refractivity contribution in [1.82, 2.24) is 0 Å². The van der Waals surface area contributed by atoms with Crippen molar-refractivity contribution in [3.8, 4) is 10.4 Å². The second kappa shape index (κ2) is 10.6. The molecule has 0 unspecified atom stereocenters. The molecule has 156 valence electrons. The van der Waals surface area contributed by atoms with Gasteiger partial charge in [0.05, 0.1) is 30.8 Å². The molecule has 0 bridgehead atoms. The second-order valence-electron chi connectivity index (χ2n) is 6.29. The quantitative estimate of drug-likeness (QED) is 0.303. The van der Waals surface area contributed by atoms with E-state index in [1.54, 1.807) is 23.1 Å². The second-order valence-corrected chi connectivity index (χ2v) is 10.8. The molecule has 0 N–H and O–H groups in total. The van der Waals surface area contributed by atoms with Crippen molar-refractivity contribution in [2.45, 2.75) is 22.6 Å². The van der Waals surface area contributed by atoms with Crippen molar-refractivity contribution in [1.29, 1.82) is 0 Å². The van der Waals surface area contributed by atoms with Gasteiger partial charge in [-0.3, -0.25) is 9.59 Å². The summed E-state index contributed by atoms with van der Waals surface area (Å²) in [7, 11) is 2.79. The van der Waals surface area contributed by atoms with Gasteiger partial charge in [-0.25, -0.2) is 0 Å². The number of carbonyl (C=O) groups is 2. The summed E-state index contributed by atoms with van der Waals surface area (Å²) in [6.07, 6.45) is 0.455. The smallest absolute Gasteiger partial charge is 0.310 e. The Bertz CT molecular complexity index is 1060. The average Bonchev–Trinajstić information content (AvgIpc) is 3.10. The summed E-state index contributed by atoms with van der Waals surface area (Å²) in [6.45, 7) is 0. The summed E-state index contributed by atoms with van der Waals surface area (Å²) >= 11 is 10.2. The van der Waals surface area contributed by atoms with Crippen LogP contribution in [0.25, 0.3) is 10.4 Å². The number of rotatable bonds is 7. The van der Waals surface area contributed by atoms with Crippen LogP contribution < -0.4 is 0 Å². The van der Waals surface area contributed by atoms with E-state index in [1.165, 1.54) is 14.2 Å². The predicted octanol–water partition coefficient (Wildman–Crippen LogP) is 6.52. The minimum Gasteiger partial charge on any atom is -0.469 e. The normalized spacial score (nSPS) is 10.7. The van der Waals surface area contributed by atoms with Gasteiger partial charge in [0.2, 0.25) is 0 Å². The van der Waals surface area contributed by atoms with Crippen LogP contribution >= 0.6 is 55.0 Å². The minimum atomic E-state index is -0.272. The van der Waals surface area contributed by atoms with E-state index in [1.807, 2.05) is 48.5 Å². The lowest BCUT2D eigenvalue weighted by atomic mass is 10.1. The van der Waals surface area contributed by atoms with Crippen molar-refractivity contribution < 1.29 is 19.1 Å². The maximum Gasteiger partial charge on any atom is 0.310 e. The molecule has 0 fully saturated rings. The Kier molecular flexibility index (Phi) is 8.16. The SMILES string of the molecule is COC(=O)Cc1cc(Br)ccc1Sc1ccc(-c2sc(Br)cc2CC(=O)OC)cc1. The molecule has 0 aliphatic carbocycles. The van der Waals surface area contributed by atoms with Crippen LogP contribution in [0.1, 0.15) is 11.1 Å². The Morgan fingerprint density at radius 3 is 2.17 bits per heavy atom. The van der Waals surface area contributed by atoms with Crippen LogP contribution in [-0.2, 0) is 31.9 Å². The number of ether oxygens (including phenoxy) is 2. The Hall–Kier alpha value is -1.61. The van der Waals surface area contributed by atoms with Crippen molar-refractivity contribution in [3.63, 3.8) is 0 Å². The first-order valence-corrected chi connectivity index (χ1v) is 12.1. The molecule has 0 aliphatic heterocycles. The number of halogens is 2. The highest BCUT2D eigenvalue weighted by molar-refractivity contribution is 9.11. The molecule has 2 aromatic carbocycles. The van der Waals surface area contributed by atoms with E-state index < -0.39 is 0 Å². The molecule has 3 aromatic rings. The fraction of sp³-hybridized carbons (Fsp3) is 0.182. The van der Waals surface area contributed by atoms with Gasteiger partial charge in [-0.05, 0) is 69.0 Å². The van der Waals surface area contributed by atoms with Crippen LogP contribution in [0, 0.1) is 0 Å². The van der Waals surface area contributed by atoms with Gasteiger partial charge in [-0.15, -0.1) is 11.3 Å². The zero-order valence-corrected chi connectivity index (χ0v) is 21.0. The average molecular weight is 570 g/mol. The van der Waals surface area contributed by atoms with E-state index in [2.05, 4.69) is 31.9 Å². The van der Waals surface area contributed by atoms with Crippen molar-refractivity contribution in [2.75, 3.05) is 14.2 Å². The molecule has 1 aromatic heterocycles. The maximum atomic E-state index is 11.7. The molecule has 0 spiro atoms. The molecule has 0 radical (unpaired) electrons. The van der Waals surface area contributed by atoms with E-state index in [9.17, 15) is 9.59 Å². The Balaban J connectivity index is 1.83. The Morgan fingerprint density at radius 1 is 0.900 bits per heavy atom. The molecule has 3 rings (SSSR count). The maximum absolute atomic E-state index is 11.7. The van der Waals surface area contributed by atoms with Crippen LogP contribution in [0.15, 0.2) is 66.6 Å². The van der Waals surface area contributed by atoms with E-state index in [0.717, 1.165) is 39.6 Å². The third-order valence-electron chi connectivity index (χ3n) is 4.27. The minimum absolute atomic E-state index is 0.219. The van der Waals surface area contributed by atoms with Gasteiger partial charge in [-0.1, -0.05) is 39.8 Å². The number of benzene rings is 2. The first-order chi connectivity index (χ1) is 14.4. The summed E-state index contributed by atoms with van der Waals surface area (Å²) < 4.78 is 11.5. The molecule has 0 amide bonds. The van der Waals surface area contributed by atoms with E-state index in [-0.39, 0.29) is 24.8 Å². The van der Waals surface area contributed by atoms with Gasteiger partial charge in [0.25, 0.3) is 0 Å². The summed E-state index contributed by atoms with van der Waals surface area (Å²) in [4.78, 5) is 26.6. The first kappa shape index (κ1) is 23.1. The lowest BCUT2D eigenvalue weighted by Crippen LogP contribution is -2.05. The van der Waals surface area contributed by atoms with Gasteiger partial charge in [0.1, 0.15) is 0 Å². The predicted molar refractivity (Wildman–Crippen MR) is 127 cm³/mol. The standard InChI is InChI=1S/C22H18Br2O4S2/c1-27-20(25)11-14-9-16(23)5-8-18(14)29-17-6-3-13(4-7-17)22-15(10-19(24)30-22)12-21(26)28-2/h3-10H,11-12H2,1-2H3. The zero-order valence-electron chi connectivity index (χ0n) is 16.2. The molecule has 0 saturated carbocycles. The van der Waals surface area contributed by atoms with Crippen LogP contribution in [0.5, 0.6) is 0 Å². The zero-order chi connectivity index (χ0) is 21.7. The molecule has 4 nitrogen and oxygen atoms in total. The topological polar surface area (TPSA) is 52.6 Å². The number of thiophene rings is 1. The Morgan fingerprint density at radius 2 is 1.53 bits per heavy atom. The largest absolute Gasteiger partial charge is 0.469 e. The lowest BCUT2D eigenvalue weighted by molar-refractivity contribution is -0.140. The molecular formula is C22H18Br2O4S2. The van der Waals surface area contributed by atoms with E-state index in [0.29, 0.717) is 0 Å². The number of esters is 2. The number of carbonyl (C=O) groups excluding carboxylic acids is 2. The van der Waals surface area contributed by atoms with Crippen LogP contribution in [0.2, 0.25) is 0 Å². The molecule has 0 atom stereocenters. The summed E-state index contributed by atoms with van der Waals surface area (Å²) in [5.41, 5.74) is 2.89. The monoisotopic (exact) mass is 568 g/mol. The molecule has 0 aliphatic rings. The molecular weight excluding hydrogens is 552 g/mol. The number of hydrogen-bond acceptors (Lipinski definition) is 6. The van der Waals surface area contributed by atoms with E-state index in [4.69, 9.17) is 9.47 Å². The van der Waals surface area contributed by atoms with Gasteiger partial charge < -0.3 is 9.47 Å². The van der Waals surface area contributed by atoms with Gasteiger partial charge in [-0.2, -0.15) is 0 Å². The van der Waals surface area contributed by atoms with Crippen molar-refractivity contribution in [3.05, 3.63) is 67.9 Å². The highest BCUT2D eigenvalue weighted by atomic mass is 79.9. The van der Waals surface area contributed by atoms with Gasteiger partial charge in [0, 0.05) is 19.1 Å². The third kappa shape index (κ3) is 5.97.